The Hall–Kier alpha value is -1.60. The molecule has 2 N–H and O–H groups in total. The molecule has 2 heterocycles. The lowest BCUT2D eigenvalue weighted by molar-refractivity contribution is -0.134. The predicted octanol–water partition coefficient (Wildman–Crippen LogP) is 0.641. The van der Waals surface area contributed by atoms with Gasteiger partial charge in [-0.05, 0) is 30.1 Å². The van der Waals surface area contributed by atoms with E-state index in [9.17, 15) is 9.59 Å². The van der Waals surface area contributed by atoms with Crippen LogP contribution in [0.5, 0.6) is 0 Å². The van der Waals surface area contributed by atoms with Crippen LogP contribution in [0.15, 0.2) is 24.5 Å². The van der Waals surface area contributed by atoms with Crippen molar-refractivity contribution in [3.63, 3.8) is 0 Å². The minimum atomic E-state index is -0.412. The molecule has 23 heavy (non-hydrogen) atoms. The summed E-state index contributed by atoms with van der Waals surface area (Å²) in [5, 5.41) is 5.75. The van der Waals surface area contributed by atoms with Gasteiger partial charge in [-0.1, -0.05) is 6.07 Å². The summed E-state index contributed by atoms with van der Waals surface area (Å²) < 4.78 is 0. The summed E-state index contributed by atoms with van der Waals surface area (Å²) in [6, 6.07) is 3.45. The largest absolute Gasteiger partial charge is 0.356 e. The van der Waals surface area contributed by atoms with Gasteiger partial charge in [-0.3, -0.25) is 19.5 Å². The highest BCUT2D eigenvalue weighted by Gasteiger charge is 2.31. The van der Waals surface area contributed by atoms with E-state index in [1.807, 2.05) is 18.4 Å². The first kappa shape index (κ1) is 17.7. The third-order valence-corrected chi connectivity index (χ3v) is 4.47. The normalized spacial score (nSPS) is 18.5. The summed E-state index contributed by atoms with van der Waals surface area (Å²) in [5.74, 6) is 0.890. The Bertz CT molecular complexity index is 512. The van der Waals surface area contributed by atoms with Crippen LogP contribution in [0.4, 0.5) is 0 Å². The molecule has 1 atom stereocenters. The fraction of sp³-hybridized carbons (Fsp3) is 0.562. The number of nitrogens with zero attached hydrogens (tertiary/aromatic N) is 2. The molecule has 0 unspecified atom stereocenters. The summed E-state index contributed by atoms with van der Waals surface area (Å²) in [7, 11) is 0. The topological polar surface area (TPSA) is 74.3 Å². The van der Waals surface area contributed by atoms with Gasteiger partial charge in [0.05, 0.1) is 12.5 Å². The molecule has 1 saturated heterocycles. The molecular weight excluding hydrogens is 312 g/mol. The predicted molar refractivity (Wildman–Crippen MR) is 92.1 cm³/mol. The molecule has 0 aliphatic carbocycles. The molecule has 0 bridgehead atoms. The summed E-state index contributed by atoms with van der Waals surface area (Å²) in [4.78, 5) is 30.4. The van der Waals surface area contributed by atoms with Gasteiger partial charge in [-0.25, -0.2) is 0 Å². The molecule has 2 amide bonds. The fourth-order valence-corrected chi connectivity index (χ4v) is 3.02. The van der Waals surface area contributed by atoms with Crippen molar-refractivity contribution in [2.75, 3.05) is 31.6 Å². The van der Waals surface area contributed by atoms with Gasteiger partial charge in [0.1, 0.15) is 0 Å². The number of carbonyl (C=O) groups is 2. The van der Waals surface area contributed by atoms with Gasteiger partial charge in [-0.2, -0.15) is 11.8 Å². The molecule has 1 aliphatic heterocycles. The minimum Gasteiger partial charge on any atom is -0.356 e. The zero-order valence-corrected chi connectivity index (χ0v) is 14.3. The molecule has 0 aromatic carbocycles. The van der Waals surface area contributed by atoms with Crippen molar-refractivity contribution in [3.05, 3.63) is 30.1 Å². The maximum Gasteiger partial charge on any atom is 0.237 e. The van der Waals surface area contributed by atoms with Crippen LogP contribution in [0.3, 0.4) is 0 Å². The Morgan fingerprint density at radius 3 is 3.17 bits per heavy atom. The third kappa shape index (κ3) is 5.84. The van der Waals surface area contributed by atoms with Crippen molar-refractivity contribution >= 4 is 23.6 Å². The highest BCUT2D eigenvalue weighted by Crippen LogP contribution is 2.13. The first-order chi connectivity index (χ1) is 11.2. The summed E-state index contributed by atoms with van der Waals surface area (Å²) in [6.07, 6.45) is 6.72. The van der Waals surface area contributed by atoms with Crippen molar-refractivity contribution in [3.8, 4) is 0 Å². The van der Waals surface area contributed by atoms with Gasteiger partial charge in [0.25, 0.3) is 0 Å². The zero-order chi connectivity index (χ0) is 16.5. The quantitative estimate of drug-likeness (QED) is 0.682. The number of piperazine rings is 1. The van der Waals surface area contributed by atoms with Crippen LogP contribution in [-0.4, -0.2) is 59.4 Å². The molecule has 7 heteroatoms. The van der Waals surface area contributed by atoms with E-state index in [-0.39, 0.29) is 18.2 Å². The second-order valence-electron chi connectivity index (χ2n) is 5.54. The van der Waals surface area contributed by atoms with Crippen molar-refractivity contribution in [1.29, 1.82) is 0 Å². The van der Waals surface area contributed by atoms with Gasteiger partial charge in [0.15, 0.2) is 0 Å². The number of hydrogen-bond donors (Lipinski definition) is 2. The summed E-state index contributed by atoms with van der Waals surface area (Å²) in [6.45, 7) is 2.65. The first-order valence-electron chi connectivity index (χ1n) is 7.87. The van der Waals surface area contributed by atoms with E-state index in [4.69, 9.17) is 0 Å². The molecule has 1 fully saturated rings. The van der Waals surface area contributed by atoms with Gasteiger partial charge in [0.2, 0.25) is 11.8 Å². The number of hydrogen-bond acceptors (Lipinski definition) is 5. The highest BCUT2D eigenvalue weighted by atomic mass is 32.2. The Morgan fingerprint density at radius 2 is 2.43 bits per heavy atom. The number of aromatic nitrogens is 1. The van der Waals surface area contributed by atoms with E-state index in [1.165, 1.54) is 0 Å². The van der Waals surface area contributed by atoms with Crippen LogP contribution in [0.2, 0.25) is 0 Å². The minimum absolute atomic E-state index is 0.0654. The van der Waals surface area contributed by atoms with Gasteiger partial charge in [0, 0.05) is 38.6 Å². The van der Waals surface area contributed by atoms with Gasteiger partial charge in [-0.15, -0.1) is 0 Å². The van der Waals surface area contributed by atoms with Crippen molar-refractivity contribution in [2.45, 2.75) is 25.4 Å². The number of nitrogens with one attached hydrogen (secondary N) is 2. The van der Waals surface area contributed by atoms with E-state index in [2.05, 4.69) is 20.5 Å². The van der Waals surface area contributed by atoms with Crippen LogP contribution in [0.25, 0.3) is 0 Å². The summed E-state index contributed by atoms with van der Waals surface area (Å²) >= 11 is 1.76. The van der Waals surface area contributed by atoms with Crippen molar-refractivity contribution in [1.82, 2.24) is 20.5 Å². The smallest absolute Gasteiger partial charge is 0.237 e. The van der Waals surface area contributed by atoms with Gasteiger partial charge >= 0.3 is 0 Å². The van der Waals surface area contributed by atoms with Crippen LogP contribution < -0.4 is 10.6 Å². The maximum atomic E-state index is 12.2. The zero-order valence-electron chi connectivity index (χ0n) is 13.5. The summed E-state index contributed by atoms with van der Waals surface area (Å²) in [5.41, 5.74) is 1.05. The van der Waals surface area contributed by atoms with Crippen molar-refractivity contribution in [2.24, 2.45) is 0 Å². The van der Waals surface area contributed by atoms with E-state index in [0.717, 1.165) is 24.3 Å². The SMILES string of the molecule is CSCCCNC(=O)C[C@@H]1C(=O)NCCN1Cc1cccnc1. The fourth-order valence-electron chi connectivity index (χ4n) is 2.59. The van der Waals surface area contributed by atoms with Crippen LogP contribution in [0, 0.1) is 0 Å². The van der Waals surface area contributed by atoms with Crippen LogP contribution >= 0.6 is 11.8 Å². The Balaban J connectivity index is 1.89. The number of carbonyl (C=O) groups excluding carboxylic acids is 2. The molecule has 0 saturated carbocycles. The van der Waals surface area contributed by atoms with E-state index >= 15 is 0 Å². The number of amides is 2. The molecule has 1 aliphatic rings. The first-order valence-corrected chi connectivity index (χ1v) is 9.26. The molecule has 6 nitrogen and oxygen atoms in total. The van der Waals surface area contributed by atoms with E-state index < -0.39 is 6.04 Å². The number of thioether (sulfide) groups is 1. The lowest BCUT2D eigenvalue weighted by atomic mass is 10.1. The lowest BCUT2D eigenvalue weighted by Crippen LogP contribution is -2.56. The third-order valence-electron chi connectivity index (χ3n) is 3.78. The Morgan fingerprint density at radius 1 is 1.57 bits per heavy atom. The van der Waals surface area contributed by atoms with Gasteiger partial charge < -0.3 is 10.6 Å². The standard InChI is InChI=1S/C16H24N4O2S/c1-23-9-3-6-18-15(21)10-14-16(22)19-7-8-20(14)12-13-4-2-5-17-11-13/h2,4-5,11,14H,3,6-10,12H2,1H3,(H,18,21)(H,19,22)/t14-/m1/s1. The second kappa shape index (κ2) is 9.52. The molecule has 1 aromatic rings. The molecule has 0 radical (unpaired) electrons. The molecular formula is C16H24N4O2S. The molecule has 0 spiro atoms. The van der Waals surface area contributed by atoms with E-state index in [0.29, 0.717) is 19.6 Å². The van der Waals surface area contributed by atoms with Crippen molar-refractivity contribution < 1.29 is 9.59 Å². The average molecular weight is 336 g/mol. The molecule has 126 valence electrons. The number of pyridine rings is 1. The lowest BCUT2D eigenvalue weighted by Gasteiger charge is -2.34. The van der Waals surface area contributed by atoms with E-state index in [1.54, 1.807) is 24.2 Å². The molecule has 2 rings (SSSR count). The maximum absolute atomic E-state index is 12.2. The monoisotopic (exact) mass is 336 g/mol. The Labute approximate surface area is 141 Å². The van der Waals surface area contributed by atoms with Crippen LogP contribution in [0.1, 0.15) is 18.4 Å². The highest BCUT2D eigenvalue weighted by molar-refractivity contribution is 7.98. The Kier molecular flexibility index (Phi) is 7.35. The molecule has 1 aromatic heterocycles. The second-order valence-corrected chi connectivity index (χ2v) is 6.52. The average Bonchev–Trinajstić information content (AvgIpc) is 2.56. The van der Waals surface area contributed by atoms with Crippen LogP contribution in [-0.2, 0) is 16.1 Å². The number of rotatable bonds is 8.